The van der Waals surface area contributed by atoms with Crippen molar-refractivity contribution in [3.05, 3.63) is 35.7 Å². The Morgan fingerprint density at radius 3 is 2.67 bits per heavy atom. The molecule has 0 aliphatic carbocycles. The highest BCUT2D eigenvalue weighted by Crippen LogP contribution is 2.21. The van der Waals surface area contributed by atoms with E-state index in [1.807, 2.05) is 56.9 Å². The molecule has 2 aromatic rings. The van der Waals surface area contributed by atoms with Gasteiger partial charge in [0, 0.05) is 37.2 Å². The molecule has 3 rings (SSSR count). The lowest BCUT2D eigenvalue weighted by molar-refractivity contribution is -0.144. The Morgan fingerprint density at radius 2 is 2.00 bits per heavy atom. The second-order valence-electron chi connectivity index (χ2n) is 7.38. The molecule has 0 bridgehead atoms. The van der Waals surface area contributed by atoms with Gasteiger partial charge in [-0.1, -0.05) is 37.2 Å². The van der Waals surface area contributed by atoms with E-state index < -0.39 is 0 Å². The third-order valence-corrected chi connectivity index (χ3v) is 4.91. The van der Waals surface area contributed by atoms with Crippen molar-refractivity contribution in [2.24, 2.45) is 5.92 Å². The van der Waals surface area contributed by atoms with Crippen LogP contribution in [0.5, 0.6) is 0 Å². The van der Waals surface area contributed by atoms with Gasteiger partial charge in [0.1, 0.15) is 0 Å². The summed E-state index contributed by atoms with van der Waals surface area (Å²) in [5.41, 5.74) is 1.91. The van der Waals surface area contributed by atoms with Crippen LogP contribution >= 0.6 is 0 Å². The van der Waals surface area contributed by atoms with Gasteiger partial charge in [0.15, 0.2) is 5.82 Å². The number of hydrogen-bond acceptors (Lipinski definition) is 5. The van der Waals surface area contributed by atoms with Crippen LogP contribution in [0.2, 0.25) is 0 Å². The zero-order valence-corrected chi connectivity index (χ0v) is 16.3. The molecule has 144 valence electrons. The summed E-state index contributed by atoms with van der Waals surface area (Å²) in [6, 6.07) is 7.76. The number of nitrogens with zero attached hydrogens (tertiary/aromatic N) is 4. The number of hydrogen-bond donors (Lipinski definition) is 0. The molecule has 7 heteroatoms. The summed E-state index contributed by atoms with van der Waals surface area (Å²) >= 11 is 0. The maximum Gasteiger partial charge on any atom is 0.258 e. The number of piperazine rings is 1. The standard InChI is InChI=1S/C20H26N4O3/c1-13(2)20(26)24-10-9-23(12-15(24)4)18(25)11-17-21-19(27-22-17)16-8-6-5-7-14(16)3/h5-8,13,15H,9-12H2,1-4H3. The monoisotopic (exact) mass is 370 g/mol. The Balaban J connectivity index is 1.62. The topological polar surface area (TPSA) is 79.5 Å². The van der Waals surface area contributed by atoms with Crippen LogP contribution in [-0.4, -0.2) is 57.4 Å². The maximum atomic E-state index is 12.6. The van der Waals surface area contributed by atoms with E-state index in [4.69, 9.17) is 4.52 Å². The predicted molar refractivity (Wildman–Crippen MR) is 101 cm³/mol. The van der Waals surface area contributed by atoms with E-state index >= 15 is 0 Å². The van der Waals surface area contributed by atoms with Gasteiger partial charge >= 0.3 is 0 Å². The van der Waals surface area contributed by atoms with Crippen LogP contribution in [-0.2, 0) is 16.0 Å². The number of carbonyl (C=O) groups excluding carboxylic acids is 2. The molecule has 1 aliphatic heterocycles. The number of carbonyl (C=O) groups is 2. The Morgan fingerprint density at radius 1 is 1.26 bits per heavy atom. The Labute approximate surface area is 159 Å². The minimum Gasteiger partial charge on any atom is -0.338 e. The van der Waals surface area contributed by atoms with Gasteiger partial charge in [-0.15, -0.1) is 0 Å². The highest BCUT2D eigenvalue weighted by atomic mass is 16.5. The molecule has 1 aliphatic rings. The number of benzene rings is 1. The number of amides is 2. The zero-order chi connectivity index (χ0) is 19.6. The van der Waals surface area contributed by atoms with Crippen molar-refractivity contribution in [3.63, 3.8) is 0 Å². The van der Waals surface area contributed by atoms with Crippen molar-refractivity contribution in [3.8, 4) is 11.5 Å². The van der Waals surface area contributed by atoms with Crippen molar-refractivity contribution in [2.75, 3.05) is 19.6 Å². The van der Waals surface area contributed by atoms with Gasteiger partial charge < -0.3 is 14.3 Å². The minimum atomic E-state index is -0.0457. The molecule has 7 nitrogen and oxygen atoms in total. The van der Waals surface area contributed by atoms with Gasteiger partial charge in [0.2, 0.25) is 11.8 Å². The van der Waals surface area contributed by atoms with Crippen LogP contribution in [0.15, 0.2) is 28.8 Å². The molecule has 1 unspecified atom stereocenters. The largest absolute Gasteiger partial charge is 0.338 e. The predicted octanol–water partition coefficient (Wildman–Crippen LogP) is 2.30. The summed E-state index contributed by atoms with van der Waals surface area (Å²) in [5.74, 6) is 0.864. The van der Waals surface area contributed by atoms with Crippen LogP contribution in [0.4, 0.5) is 0 Å². The van der Waals surface area contributed by atoms with Crippen LogP contribution < -0.4 is 0 Å². The Hall–Kier alpha value is -2.70. The average Bonchev–Trinajstić information content (AvgIpc) is 3.09. The number of aryl methyl sites for hydroxylation is 1. The maximum absolute atomic E-state index is 12.6. The van der Waals surface area contributed by atoms with E-state index in [-0.39, 0.29) is 30.2 Å². The van der Waals surface area contributed by atoms with Gasteiger partial charge in [-0.05, 0) is 25.5 Å². The molecule has 1 saturated heterocycles. The van der Waals surface area contributed by atoms with Gasteiger partial charge in [-0.25, -0.2) is 0 Å². The molecular weight excluding hydrogens is 344 g/mol. The molecule has 1 fully saturated rings. The first-order valence-corrected chi connectivity index (χ1v) is 9.33. The smallest absolute Gasteiger partial charge is 0.258 e. The molecule has 0 spiro atoms. The molecule has 1 aromatic carbocycles. The first-order chi connectivity index (χ1) is 12.9. The van der Waals surface area contributed by atoms with E-state index in [2.05, 4.69) is 10.1 Å². The van der Waals surface area contributed by atoms with Crippen LogP contribution in [0.3, 0.4) is 0 Å². The first kappa shape index (κ1) is 19.1. The Bertz CT molecular complexity index is 830. The molecule has 0 N–H and O–H groups in total. The molecule has 2 heterocycles. The van der Waals surface area contributed by atoms with E-state index in [1.54, 1.807) is 4.90 Å². The second-order valence-corrected chi connectivity index (χ2v) is 7.38. The molecule has 27 heavy (non-hydrogen) atoms. The normalized spacial score (nSPS) is 17.4. The third-order valence-electron chi connectivity index (χ3n) is 4.91. The van der Waals surface area contributed by atoms with E-state index in [1.165, 1.54) is 0 Å². The molecular formula is C20H26N4O3. The third kappa shape index (κ3) is 4.18. The fourth-order valence-electron chi connectivity index (χ4n) is 3.34. The lowest BCUT2D eigenvalue weighted by Gasteiger charge is -2.40. The minimum absolute atomic E-state index is 0.00500. The lowest BCUT2D eigenvalue weighted by Crippen LogP contribution is -2.56. The van der Waals surface area contributed by atoms with Crippen molar-refractivity contribution < 1.29 is 14.1 Å². The Kier molecular flexibility index (Phi) is 5.58. The van der Waals surface area contributed by atoms with E-state index in [0.717, 1.165) is 11.1 Å². The molecule has 0 saturated carbocycles. The molecule has 1 atom stereocenters. The van der Waals surface area contributed by atoms with Crippen LogP contribution in [0.1, 0.15) is 32.2 Å². The average molecular weight is 370 g/mol. The van der Waals surface area contributed by atoms with Crippen molar-refractivity contribution >= 4 is 11.8 Å². The summed E-state index contributed by atoms with van der Waals surface area (Å²) in [5, 5.41) is 3.96. The fraction of sp³-hybridized carbons (Fsp3) is 0.500. The quantitative estimate of drug-likeness (QED) is 0.825. The van der Waals surface area contributed by atoms with Crippen molar-refractivity contribution in [1.82, 2.24) is 19.9 Å². The molecule has 1 aromatic heterocycles. The highest BCUT2D eigenvalue weighted by Gasteiger charge is 2.31. The van der Waals surface area contributed by atoms with Crippen LogP contribution in [0.25, 0.3) is 11.5 Å². The summed E-state index contributed by atoms with van der Waals surface area (Å²) in [6.07, 6.45) is 0.0974. The second kappa shape index (κ2) is 7.90. The van der Waals surface area contributed by atoms with E-state index in [0.29, 0.717) is 31.3 Å². The summed E-state index contributed by atoms with van der Waals surface area (Å²) < 4.78 is 5.33. The van der Waals surface area contributed by atoms with Gasteiger partial charge in [-0.3, -0.25) is 9.59 Å². The molecule has 2 amide bonds. The lowest BCUT2D eigenvalue weighted by atomic mass is 10.1. The zero-order valence-electron chi connectivity index (χ0n) is 16.3. The van der Waals surface area contributed by atoms with Gasteiger partial charge in [0.25, 0.3) is 5.89 Å². The summed E-state index contributed by atoms with van der Waals surface area (Å²) in [4.78, 5) is 32.9. The van der Waals surface area contributed by atoms with E-state index in [9.17, 15) is 9.59 Å². The highest BCUT2D eigenvalue weighted by molar-refractivity contribution is 5.80. The van der Waals surface area contributed by atoms with Gasteiger partial charge in [-0.2, -0.15) is 4.98 Å². The number of aromatic nitrogens is 2. The van der Waals surface area contributed by atoms with Crippen molar-refractivity contribution in [1.29, 1.82) is 0 Å². The summed E-state index contributed by atoms with van der Waals surface area (Å²) in [6.45, 7) is 9.37. The number of rotatable bonds is 4. The molecule has 0 radical (unpaired) electrons. The van der Waals surface area contributed by atoms with Crippen molar-refractivity contribution in [2.45, 2.75) is 40.2 Å². The first-order valence-electron chi connectivity index (χ1n) is 9.33. The fourth-order valence-corrected chi connectivity index (χ4v) is 3.34. The summed E-state index contributed by atoms with van der Waals surface area (Å²) in [7, 11) is 0. The van der Waals surface area contributed by atoms with Gasteiger partial charge in [0.05, 0.1) is 6.42 Å². The SMILES string of the molecule is Cc1ccccc1-c1nc(CC(=O)N2CCN(C(=O)C(C)C)C(C)C2)no1. The van der Waals surface area contributed by atoms with Crippen LogP contribution in [0, 0.1) is 12.8 Å².